The summed E-state index contributed by atoms with van der Waals surface area (Å²) < 4.78 is 7.31. The normalized spacial score (nSPS) is 16.1. The SMILES string of the molecule is Cc1cccc2cc(C(=O)NCCN3CCOCC3)n(C)c12. The molecule has 1 fully saturated rings. The lowest BCUT2D eigenvalue weighted by Crippen LogP contribution is -2.41. The maximum atomic E-state index is 12.4. The molecule has 0 radical (unpaired) electrons. The van der Waals surface area contributed by atoms with Crippen LogP contribution in [0.15, 0.2) is 24.3 Å². The minimum Gasteiger partial charge on any atom is -0.379 e. The number of nitrogens with zero attached hydrogens (tertiary/aromatic N) is 2. The average molecular weight is 301 g/mol. The van der Waals surface area contributed by atoms with Gasteiger partial charge in [0.2, 0.25) is 0 Å². The van der Waals surface area contributed by atoms with Crippen LogP contribution in [0, 0.1) is 6.92 Å². The Morgan fingerprint density at radius 1 is 1.32 bits per heavy atom. The van der Waals surface area contributed by atoms with E-state index in [-0.39, 0.29) is 5.91 Å². The second kappa shape index (κ2) is 6.50. The third kappa shape index (κ3) is 3.00. The molecule has 1 saturated heterocycles. The number of ether oxygens (including phenoxy) is 1. The van der Waals surface area contributed by atoms with Crippen molar-refractivity contribution in [1.29, 1.82) is 0 Å². The predicted octanol–water partition coefficient (Wildman–Crippen LogP) is 1.55. The van der Waals surface area contributed by atoms with Crippen LogP contribution in [0.4, 0.5) is 0 Å². The maximum Gasteiger partial charge on any atom is 0.267 e. The molecule has 22 heavy (non-hydrogen) atoms. The van der Waals surface area contributed by atoms with Crippen LogP contribution in [0.2, 0.25) is 0 Å². The number of para-hydroxylation sites is 1. The lowest BCUT2D eigenvalue weighted by Gasteiger charge is -2.26. The molecule has 0 bridgehead atoms. The second-order valence-corrected chi connectivity index (χ2v) is 5.81. The first-order valence-corrected chi connectivity index (χ1v) is 7.80. The van der Waals surface area contributed by atoms with Gasteiger partial charge in [-0.25, -0.2) is 0 Å². The number of hydrogen-bond acceptors (Lipinski definition) is 3. The Balaban J connectivity index is 1.65. The number of aryl methyl sites for hydroxylation is 2. The smallest absolute Gasteiger partial charge is 0.267 e. The van der Waals surface area contributed by atoms with Crippen molar-refractivity contribution >= 4 is 16.8 Å². The maximum absolute atomic E-state index is 12.4. The Hall–Kier alpha value is -1.85. The van der Waals surface area contributed by atoms with E-state index in [4.69, 9.17) is 4.74 Å². The molecule has 1 aromatic carbocycles. The fraction of sp³-hybridized carbons (Fsp3) is 0.471. The highest BCUT2D eigenvalue weighted by atomic mass is 16.5. The molecule has 5 nitrogen and oxygen atoms in total. The lowest BCUT2D eigenvalue weighted by atomic mass is 10.2. The highest BCUT2D eigenvalue weighted by Crippen LogP contribution is 2.21. The van der Waals surface area contributed by atoms with Crippen molar-refractivity contribution in [2.45, 2.75) is 6.92 Å². The topological polar surface area (TPSA) is 46.5 Å². The molecule has 1 aromatic heterocycles. The van der Waals surface area contributed by atoms with E-state index in [2.05, 4.69) is 23.2 Å². The van der Waals surface area contributed by atoms with Gasteiger partial charge in [-0.3, -0.25) is 9.69 Å². The van der Waals surface area contributed by atoms with Crippen molar-refractivity contribution in [2.24, 2.45) is 7.05 Å². The van der Waals surface area contributed by atoms with Crippen LogP contribution < -0.4 is 5.32 Å². The Labute approximate surface area is 130 Å². The number of morpholine rings is 1. The molecule has 1 N–H and O–H groups in total. The number of amides is 1. The predicted molar refractivity (Wildman–Crippen MR) is 87.2 cm³/mol. The summed E-state index contributed by atoms with van der Waals surface area (Å²) in [7, 11) is 1.95. The summed E-state index contributed by atoms with van der Waals surface area (Å²) in [4.78, 5) is 14.7. The van der Waals surface area contributed by atoms with Crippen LogP contribution in [-0.4, -0.2) is 54.8 Å². The minimum atomic E-state index is -0.00800. The van der Waals surface area contributed by atoms with E-state index in [1.807, 2.05) is 29.8 Å². The largest absolute Gasteiger partial charge is 0.379 e. The fourth-order valence-electron chi connectivity index (χ4n) is 3.08. The van der Waals surface area contributed by atoms with Crippen molar-refractivity contribution in [3.63, 3.8) is 0 Å². The van der Waals surface area contributed by atoms with Gasteiger partial charge < -0.3 is 14.6 Å². The minimum absolute atomic E-state index is 0.00800. The van der Waals surface area contributed by atoms with Crippen molar-refractivity contribution in [1.82, 2.24) is 14.8 Å². The van der Waals surface area contributed by atoms with E-state index in [1.165, 1.54) is 5.56 Å². The number of fused-ring (bicyclic) bond motifs is 1. The van der Waals surface area contributed by atoms with Crippen molar-refractivity contribution in [3.05, 3.63) is 35.5 Å². The van der Waals surface area contributed by atoms with Gasteiger partial charge in [0.05, 0.1) is 18.7 Å². The lowest BCUT2D eigenvalue weighted by molar-refractivity contribution is 0.0383. The van der Waals surface area contributed by atoms with Crippen LogP contribution >= 0.6 is 0 Å². The first kappa shape index (κ1) is 15.1. The highest BCUT2D eigenvalue weighted by Gasteiger charge is 2.15. The molecule has 0 aliphatic carbocycles. The molecule has 5 heteroatoms. The highest BCUT2D eigenvalue weighted by molar-refractivity contribution is 5.99. The third-order valence-electron chi connectivity index (χ3n) is 4.31. The molecule has 118 valence electrons. The zero-order valence-electron chi connectivity index (χ0n) is 13.3. The van der Waals surface area contributed by atoms with Gasteiger partial charge in [-0.05, 0) is 18.6 Å². The van der Waals surface area contributed by atoms with Crippen LogP contribution in [0.25, 0.3) is 10.9 Å². The van der Waals surface area contributed by atoms with Gasteiger partial charge >= 0.3 is 0 Å². The molecule has 1 aliphatic rings. The van der Waals surface area contributed by atoms with E-state index in [1.54, 1.807) is 0 Å². The summed E-state index contributed by atoms with van der Waals surface area (Å²) in [6.07, 6.45) is 0. The molecule has 2 heterocycles. The standard InChI is InChI=1S/C17H23N3O2/c1-13-4-3-5-14-12-15(19(2)16(13)14)17(21)18-6-7-20-8-10-22-11-9-20/h3-5,12H,6-11H2,1-2H3,(H,18,21). The molecule has 0 atom stereocenters. The molecule has 0 unspecified atom stereocenters. The molecule has 0 spiro atoms. The summed E-state index contributed by atoms with van der Waals surface area (Å²) in [6.45, 7) is 7.08. The van der Waals surface area contributed by atoms with Gasteiger partial charge in [0.25, 0.3) is 5.91 Å². The van der Waals surface area contributed by atoms with Gasteiger partial charge in [0, 0.05) is 38.6 Å². The first-order valence-electron chi connectivity index (χ1n) is 7.80. The van der Waals surface area contributed by atoms with E-state index >= 15 is 0 Å². The number of hydrogen-bond donors (Lipinski definition) is 1. The quantitative estimate of drug-likeness (QED) is 0.932. The number of carbonyl (C=O) groups excluding carboxylic acids is 1. The fourth-order valence-corrected chi connectivity index (χ4v) is 3.08. The second-order valence-electron chi connectivity index (χ2n) is 5.81. The Morgan fingerprint density at radius 2 is 2.09 bits per heavy atom. The van der Waals surface area contributed by atoms with Crippen molar-refractivity contribution in [2.75, 3.05) is 39.4 Å². The summed E-state index contributed by atoms with van der Waals surface area (Å²) >= 11 is 0. The number of aromatic nitrogens is 1. The van der Waals surface area contributed by atoms with E-state index in [0.29, 0.717) is 12.2 Å². The molecule has 0 saturated carbocycles. The average Bonchev–Trinajstić information content (AvgIpc) is 2.87. The van der Waals surface area contributed by atoms with E-state index in [0.717, 1.165) is 43.8 Å². The van der Waals surface area contributed by atoms with Crippen molar-refractivity contribution in [3.8, 4) is 0 Å². The van der Waals surface area contributed by atoms with Crippen LogP contribution in [0.1, 0.15) is 16.1 Å². The van der Waals surface area contributed by atoms with E-state index in [9.17, 15) is 4.79 Å². The first-order chi connectivity index (χ1) is 10.7. The van der Waals surface area contributed by atoms with Crippen molar-refractivity contribution < 1.29 is 9.53 Å². The Kier molecular flexibility index (Phi) is 4.45. The number of rotatable bonds is 4. The van der Waals surface area contributed by atoms with Gasteiger partial charge in [0.15, 0.2) is 0 Å². The summed E-state index contributed by atoms with van der Waals surface area (Å²) in [5, 5.41) is 4.14. The molecule has 1 amide bonds. The Morgan fingerprint density at radius 3 is 2.82 bits per heavy atom. The molecular formula is C17H23N3O2. The third-order valence-corrected chi connectivity index (χ3v) is 4.31. The number of nitrogens with one attached hydrogen (secondary N) is 1. The molecule has 2 aromatic rings. The molecule has 1 aliphatic heterocycles. The van der Waals surface area contributed by atoms with Gasteiger partial charge in [-0.15, -0.1) is 0 Å². The summed E-state index contributed by atoms with van der Waals surface area (Å²) in [5.74, 6) is -0.00800. The summed E-state index contributed by atoms with van der Waals surface area (Å²) in [6, 6.07) is 8.11. The van der Waals surface area contributed by atoms with Gasteiger partial charge in [-0.1, -0.05) is 18.2 Å². The molecular weight excluding hydrogens is 278 g/mol. The number of carbonyl (C=O) groups is 1. The zero-order chi connectivity index (χ0) is 15.5. The van der Waals surface area contributed by atoms with Crippen LogP contribution in [0.5, 0.6) is 0 Å². The Bertz CT molecular complexity index is 672. The zero-order valence-corrected chi connectivity index (χ0v) is 13.3. The van der Waals surface area contributed by atoms with Gasteiger partial charge in [-0.2, -0.15) is 0 Å². The van der Waals surface area contributed by atoms with Gasteiger partial charge in [0.1, 0.15) is 5.69 Å². The van der Waals surface area contributed by atoms with Crippen LogP contribution in [0.3, 0.4) is 0 Å². The molecule has 3 rings (SSSR count). The summed E-state index contributed by atoms with van der Waals surface area (Å²) in [5.41, 5.74) is 3.03. The van der Waals surface area contributed by atoms with E-state index < -0.39 is 0 Å². The number of benzene rings is 1. The van der Waals surface area contributed by atoms with Crippen LogP contribution in [-0.2, 0) is 11.8 Å². The monoisotopic (exact) mass is 301 g/mol.